The summed E-state index contributed by atoms with van der Waals surface area (Å²) in [4.78, 5) is 9.24. The van der Waals surface area contributed by atoms with E-state index in [4.69, 9.17) is 5.11 Å². The highest BCUT2D eigenvalue weighted by Crippen LogP contribution is 2.32. The number of hydrogen-bond acceptors (Lipinski definition) is 5. The Balaban J connectivity index is 3.15. The molecule has 0 aromatic heterocycles. The smallest absolute Gasteiger partial charge is 0.235 e. The van der Waals surface area contributed by atoms with E-state index >= 15 is 0 Å². The third-order valence-corrected chi connectivity index (χ3v) is 1.48. The Morgan fingerprint density at radius 3 is 2.14 bits per heavy atom. The Morgan fingerprint density at radius 1 is 1.21 bits per heavy atom. The number of nitrogens with zero attached hydrogens (tertiary/aromatic N) is 1. The van der Waals surface area contributed by atoms with Crippen LogP contribution in [0, 0.1) is 10.1 Å². The van der Waals surface area contributed by atoms with Crippen molar-refractivity contribution < 1.29 is 20.2 Å². The first-order chi connectivity index (χ1) is 6.50. The highest BCUT2D eigenvalue weighted by Gasteiger charge is 2.07. The summed E-state index contributed by atoms with van der Waals surface area (Å²) < 4.78 is 0. The maximum Gasteiger partial charge on any atom is 0.235 e. The normalized spacial score (nSPS) is 10.6. The maximum absolute atomic E-state index is 9.97. The van der Waals surface area contributed by atoms with Gasteiger partial charge in [-0.15, -0.1) is 0 Å². The van der Waals surface area contributed by atoms with Crippen molar-refractivity contribution in [2.45, 2.75) is 0 Å². The monoisotopic (exact) mass is 197 g/mol. The fourth-order valence-corrected chi connectivity index (χ4v) is 0.915. The number of aromatic hydroxyl groups is 3. The van der Waals surface area contributed by atoms with Crippen molar-refractivity contribution in [3.8, 4) is 17.2 Å². The lowest BCUT2D eigenvalue weighted by molar-refractivity contribution is -0.400. The molecule has 1 aromatic rings. The van der Waals surface area contributed by atoms with Crippen LogP contribution in [0.5, 0.6) is 17.2 Å². The van der Waals surface area contributed by atoms with Crippen molar-refractivity contribution >= 4 is 6.08 Å². The summed E-state index contributed by atoms with van der Waals surface area (Å²) in [6.45, 7) is 0. The predicted octanol–water partition coefficient (Wildman–Crippen LogP) is 1.05. The van der Waals surface area contributed by atoms with Gasteiger partial charge in [0, 0.05) is 18.2 Å². The van der Waals surface area contributed by atoms with Gasteiger partial charge in [0.05, 0.1) is 10.5 Å². The molecular weight excluding hydrogens is 190 g/mol. The number of nitro groups is 1. The van der Waals surface area contributed by atoms with Gasteiger partial charge >= 0.3 is 0 Å². The van der Waals surface area contributed by atoms with Gasteiger partial charge in [0.1, 0.15) is 17.2 Å². The van der Waals surface area contributed by atoms with Crippen LogP contribution in [-0.2, 0) is 0 Å². The molecule has 0 radical (unpaired) electrons. The lowest BCUT2D eigenvalue weighted by Crippen LogP contribution is -1.83. The third kappa shape index (κ3) is 2.13. The second-order valence-corrected chi connectivity index (χ2v) is 2.50. The second kappa shape index (κ2) is 3.65. The molecule has 0 atom stereocenters. The molecule has 74 valence electrons. The molecule has 0 aliphatic rings. The van der Waals surface area contributed by atoms with E-state index in [0.29, 0.717) is 6.20 Å². The molecule has 0 spiro atoms. The Bertz CT molecular complexity index is 376. The Morgan fingerprint density at radius 2 is 1.71 bits per heavy atom. The number of phenols is 3. The van der Waals surface area contributed by atoms with E-state index in [2.05, 4.69) is 0 Å². The van der Waals surface area contributed by atoms with Crippen molar-refractivity contribution in [2.75, 3.05) is 0 Å². The summed E-state index contributed by atoms with van der Waals surface area (Å²) in [5.41, 5.74) is -0.112. The Labute approximate surface area is 78.5 Å². The summed E-state index contributed by atoms with van der Waals surface area (Å²) in [5, 5.41) is 37.3. The van der Waals surface area contributed by atoms with Crippen LogP contribution in [0.4, 0.5) is 0 Å². The van der Waals surface area contributed by atoms with Gasteiger partial charge in [0.2, 0.25) is 6.20 Å². The molecule has 0 aliphatic heterocycles. The van der Waals surface area contributed by atoms with Crippen LogP contribution in [0.1, 0.15) is 5.56 Å². The molecule has 1 aromatic carbocycles. The number of rotatable bonds is 2. The molecule has 0 bridgehead atoms. The predicted molar refractivity (Wildman–Crippen MR) is 47.5 cm³/mol. The van der Waals surface area contributed by atoms with Crippen molar-refractivity contribution in [1.82, 2.24) is 0 Å². The lowest BCUT2D eigenvalue weighted by atomic mass is 10.1. The highest BCUT2D eigenvalue weighted by atomic mass is 16.6. The largest absolute Gasteiger partial charge is 0.508 e. The fourth-order valence-electron chi connectivity index (χ4n) is 0.915. The minimum atomic E-state index is -0.730. The quantitative estimate of drug-likeness (QED) is 0.485. The minimum Gasteiger partial charge on any atom is -0.508 e. The van der Waals surface area contributed by atoms with Gasteiger partial charge in [-0.05, 0) is 0 Å². The molecule has 0 amide bonds. The first-order valence-corrected chi connectivity index (χ1v) is 3.57. The summed E-state index contributed by atoms with van der Waals surface area (Å²) in [5.74, 6) is -1.18. The number of benzene rings is 1. The molecule has 14 heavy (non-hydrogen) atoms. The van der Waals surface area contributed by atoms with E-state index in [0.717, 1.165) is 18.2 Å². The zero-order valence-electron chi connectivity index (χ0n) is 6.91. The van der Waals surface area contributed by atoms with Gasteiger partial charge < -0.3 is 15.3 Å². The maximum atomic E-state index is 9.97. The summed E-state index contributed by atoms with van der Waals surface area (Å²) in [6, 6.07) is 1.94. The van der Waals surface area contributed by atoms with E-state index in [1.165, 1.54) is 0 Å². The van der Waals surface area contributed by atoms with Crippen LogP contribution in [0.25, 0.3) is 6.08 Å². The molecule has 1 rings (SSSR count). The molecule has 6 heteroatoms. The standard InChI is InChI=1S/C8H7NO5/c10-5-3-7(11)6(8(12)4-5)1-2-9(13)14/h1-4,10-12H/b2-1+. The van der Waals surface area contributed by atoms with Crippen LogP contribution in [-0.4, -0.2) is 20.2 Å². The van der Waals surface area contributed by atoms with E-state index in [9.17, 15) is 20.3 Å². The molecule has 0 fully saturated rings. The molecule has 6 nitrogen and oxygen atoms in total. The van der Waals surface area contributed by atoms with E-state index in [-0.39, 0.29) is 11.3 Å². The van der Waals surface area contributed by atoms with Gasteiger partial charge in [-0.1, -0.05) is 0 Å². The topological polar surface area (TPSA) is 104 Å². The van der Waals surface area contributed by atoms with Gasteiger partial charge in [-0.25, -0.2) is 0 Å². The van der Waals surface area contributed by atoms with Gasteiger partial charge in [0.25, 0.3) is 0 Å². The van der Waals surface area contributed by atoms with Gasteiger partial charge in [0.15, 0.2) is 0 Å². The minimum absolute atomic E-state index is 0.112. The van der Waals surface area contributed by atoms with Gasteiger partial charge in [-0.2, -0.15) is 0 Å². The van der Waals surface area contributed by atoms with Crippen LogP contribution < -0.4 is 0 Å². The van der Waals surface area contributed by atoms with Crippen molar-refractivity contribution in [3.05, 3.63) is 34.0 Å². The summed E-state index contributed by atoms with van der Waals surface area (Å²) in [6.07, 6.45) is 1.51. The first-order valence-electron chi connectivity index (χ1n) is 3.57. The molecule has 0 saturated heterocycles. The third-order valence-electron chi connectivity index (χ3n) is 1.48. The molecule has 0 heterocycles. The fraction of sp³-hybridized carbons (Fsp3) is 0. The molecule has 0 unspecified atom stereocenters. The number of hydrogen-bond donors (Lipinski definition) is 3. The van der Waals surface area contributed by atoms with Crippen molar-refractivity contribution in [1.29, 1.82) is 0 Å². The first kappa shape index (κ1) is 9.85. The number of phenolic OH excluding ortho intramolecular Hbond substituents is 3. The molecule has 0 saturated carbocycles. The van der Waals surface area contributed by atoms with E-state index < -0.39 is 16.4 Å². The van der Waals surface area contributed by atoms with Crippen LogP contribution in [0.3, 0.4) is 0 Å². The van der Waals surface area contributed by atoms with Gasteiger partial charge in [-0.3, -0.25) is 10.1 Å². The SMILES string of the molecule is O=[N+]([O-])/C=C/c1c(O)cc(O)cc1O. The second-order valence-electron chi connectivity index (χ2n) is 2.50. The van der Waals surface area contributed by atoms with E-state index in [1.807, 2.05) is 0 Å². The van der Waals surface area contributed by atoms with Crippen molar-refractivity contribution in [3.63, 3.8) is 0 Å². The Kier molecular flexibility index (Phi) is 2.57. The van der Waals surface area contributed by atoms with Crippen molar-refractivity contribution in [2.24, 2.45) is 0 Å². The summed E-state index contributed by atoms with van der Waals surface area (Å²) in [7, 11) is 0. The summed E-state index contributed by atoms with van der Waals surface area (Å²) >= 11 is 0. The van der Waals surface area contributed by atoms with Crippen LogP contribution in [0.15, 0.2) is 18.3 Å². The zero-order valence-corrected chi connectivity index (χ0v) is 6.91. The average molecular weight is 197 g/mol. The molecular formula is C8H7NO5. The molecule has 3 N–H and O–H groups in total. The van der Waals surface area contributed by atoms with Crippen LogP contribution in [0.2, 0.25) is 0 Å². The lowest BCUT2D eigenvalue weighted by Gasteiger charge is -2.01. The van der Waals surface area contributed by atoms with E-state index in [1.54, 1.807) is 0 Å². The zero-order chi connectivity index (χ0) is 10.7. The van der Waals surface area contributed by atoms with Crippen LogP contribution >= 0.6 is 0 Å². The average Bonchev–Trinajstić information content (AvgIpc) is 2.01. The highest BCUT2D eigenvalue weighted by molar-refractivity contribution is 5.64. The molecule has 0 aliphatic carbocycles. The Hall–Kier alpha value is -2.24.